The monoisotopic (exact) mass is 254 g/mol. The molecule has 0 saturated heterocycles. The standard InChI is InChI=1S/C10H18N6O2/c1-4-5-16(6-7(17)12-2)9-13-8(11)14-10(15-9)18-3/h4-6H2,1-3H3,(H,12,17)(H2,11,13,14,15). The fourth-order valence-electron chi connectivity index (χ4n) is 1.37. The van der Waals surface area contributed by atoms with Gasteiger partial charge in [-0.05, 0) is 6.42 Å². The van der Waals surface area contributed by atoms with Gasteiger partial charge in [0, 0.05) is 13.6 Å². The van der Waals surface area contributed by atoms with Gasteiger partial charge in [0.2, 0.25) is 17.8 Å². The minimum atomic E-state index is -0.124. The highest BCUT2D eigenvalue weighted by Gasteiger charge is 2.15. The maximum absolute atomic E-state index is 11.4. The summed E-state index contributed by atoms with van der Waals surface area (Å²) in [5.41, 5.74) is 5.56. The summed E-state index contributed by atoms with van der Waals surface area (Å²) in [6, 6.07) is 0.135. The van der Waals surface area contributed by atoms with E-state index in [9.17, 15) is 4.79 Å². The van der Waals surface area contributed by atoms with Gasteiger partial charge >= 0.3 is 6.01 Å². The van der Waals surface area contributed by atoms with Crippen LogP contribution in [0.15, 0.2) is 0 Å². The molecule has 1 heterocycles. The number of nitrogen functional groups attached to an aromatic ring is 1. The van der Waals surface area contributed by atoms with Crippen LogP contribution in [-0.4, -0.2) is 48.1 Å². The third-order valence-electron chi connectivity index (χ3n) is 2.19. The lowest BCUT2D eigenvalue weighted by Crippen LogP contribution is -2.37. The molecule has 0 spiro atoms. The van der Waals surface area contributed by atoms with Crippen LogP contribution in [0.25, 0.3) is 0 Å². The molecule has 1 amide bonds. The molecule has 0 aromatic carbocycles. The molecule has 18 heavy (non-hydrogen) atoms. The summed E-state index contributed by atoms with van der Waals surface area (Å²) in [6.07, 6.45) is 0.852. The van der Waals surface area contributed by atoms with E-state index in [1.807, 2.05) is 6.92 Å². The van der Waals surface area contributed by atoms with Gasteiger partial charge in [-0.1, -0.05) is 6.92 Å². The van der Waals surface area contributed by atoms with Gasteiger partial charge < -0.3 is 20.7 Å². The average Bonchev–Trinajstić information content (AvgIpc) is 2.37. The molecule has 1 aromatic heterocycles. The van der Waals surface area contributed by atoms with Gasteiger partial charge in [0.05, 0.1) is 13.7 Å². The summed E-state index contributed by atoms with van der Waals surface area (Å²) in [7, 11) is 3.02. The second-order valence-corrected chi connectivity index (χ2v) is 3.58. The first-order valence-corrected chi connectivity index (χ1v) is 5.61. The fourth-order valence-corrected chi connectivity index (χ4v) is 1.37. The van der Waals surface area contributed by atoms with Crippen LogP contribution >= 0.6 is 0 Å². The number of carbonyl (C=O) groups is 1. The lowest BCUT2D eigenvalue weighted by Gasteiger charge is -2.21. The van der Waals surface area contributed by atoms with E-state index in [0.717, 1.165) is 6.42 Å². The average molecular weight is 254 g/mol. The highest BCUT2D eigenvalue weighted by molar-refractivity contribution is 5.80. The van der Waals surface area contributed by atoms with E-state index >= 15 is 0 Å². The highest BCUT2D eigenvalue weighted by atomic mass is 16.5. The third-order valence-corrected chi connectivity index (χ3v) is 2.19. The molecular formula is C10H18N6O2. The minimum Gasteiger partial charge on any atom is -0.467 e. The van der Waals surface area contributed by atoms with Crippen molar-refractivity contribution >= 4 is 17.8 Å². The predicted octanol–water partition coefficient (Wildman–Crippen LogP) is -0.575. The van der Waals surface area contributed by atoms with E-state index in [0.29, 0.717) is 12.5 Å². The zero-order valence-corrected chi connectivity index (χ0v) is 10.8. The molecule has 0 fully saturated rings. The Bertz CT molecular complexity index is 411. The Kier molecular flexibility index (Phi) is 5.09. The van der Waals surface area contributed by atoms with Crippen LogP contribution in [0.3, 0.4) is 0 Å². The molecule has 0 bridgehead atoms. The SMILES string of the molecule is CCCN(CC(=O)NC)c1nc(N)nc(OC)n1. The zero-order valence-electron chi connectivity index (χ0n) is 10.8. The second kappa shape index (κ2) is 6.58. The van der Waals surface area contributed by atoms with E-state index in [1.54, 1.807) is 11.9 Å². The number of aromatic nitrogens is 3. The molecule has 8 heteroatoms. The van der Waals surface area contributed by atoms with Gasteiger partial charge in [0.25, 0.3) is 0 Å². The fraction of sp³-hybridized carbons (Fsp3) is 0.600. The zero-order chi connectivity index (χ0) is 13.5. The van der Waals surface area contributed by atoms with E-state index in [4.69, 9.17) is 10.5 Å². The molecule has 0 unspecified atom stereocenters. The van der Waals surface area contributed by atoms with Crippen LogP contribution in [0.4, 0.5) is 11.9 Å². The molecule has 1 rings (SSSR count). The summed E-state index contributed by atoms with van der Waals surface area (Å²) in [4.78, 5) is 25.0. The number of nitrogens with zero attached hydrogens (tertiary/aromatic N) is 4. The summed E-state index contributed by atoms with van der Waals surface area (Å²) in [5, 5.41) is 2.55. The van der Waals surface area contributed by atoms with Crippen molar-refractivity contribution in [1.29, 1.82) is 0 Å². The highest BCUT2D eigenvalue weighted by Crippen LogP contribution is 2.13. The molecule has 1 aromatic rings. The quantitative estimate of drug-likeness (QED) is 0.699. The lowest BCUT2D eigenvalue weighted by molar-refractivity contribution is -0.119. The summed E-state index contributed by atoms with van der Waals surface area (Å²) >= 11 is 0. The molecule has 0 aliphatic rings. The van der Waals surface area contributed by atoms with Crippen LogP contribution in [0, 0.1) is 0 Å². The molecule has 0 aliphatic heterocycles. The van der Waals surface area contributed by atoms with Crippen molar-refractivity contribution in [2.45, 2.75) is 13.3 Å². The summed E-state index contributed by atoms with van der Waals surface area (Å²) < 4.78 is 4.93. The van der Waals surface area contributed by atoms with Crippen LogP contribution in [-0.2, 0) is 4.79 Å². The van der Waals surface area contributed by atoms with Gasteiger partial charge in [0.1, 0.15) is 0 Å². The Hall–Kier alpha value is -2.12. The van der Waals surface area contributed by atoms with Crippen LogP contribution in [0.1, 0.15) is 13.3 Å². The number of nitrogens with one attached hydrogen (secondary N) is 1. The molecule has 0 atom stereocenters. The van der Waals surface area contributed by atoms with Crippen molar-refractivity contribution in [2.24, 2.45) is 0 Å². The number of nitrogens with two attached hydrogens (primary N) is 1. The van der Waals surface area contributed by atoms with Gasteiger partial charge in [-0.2, -0.15) is 15.0 Å². The molecule has 0 radical (unpaired) electrons. The van der Waals surface area contributed by atoms with Crippen molar-refractivity contribution in [1.82, 2.24) is 20.3 Å². The Morgan fingerprint density at radius 2 is 2.17 bits per heavy atom. The van der Waals surface area contributed by atoms with Gasteiger partial charge in [-0.25, -0.2) is 0 Å². The largest absolute Gasteiger partial charge is 0.467 e. The number of amides is 1. The number of hydrogen-bond acceptors (Lipinski definition) is 7. The topological polar surface area (TPSA) is 106 Å². The van der Waals surface area contributed by atoms with Crippen molar-refractivity contribution in [3.05, 3.63) is 0 Å². The Morgan fingerprint density at radius 1 is 1.44 bits per heavy atom. The number of ether oxygens (including phenoxy) is 1. The maximum atomic E-state index is 11.4. The van der Waals surface area contributed by atoms with Crippen molar-refractivity contribution in [3.63, 3.8) is 0 Å². The van der Waals surface area contributed by atoms with E-state index in [1.165, 1.54) is 7.11 Å². The molecule has 0 saturated carbocycles. The van der Waals surface area contributed by atoms with E-state index in [2.05, 4.69) is 20.3 Å². The van der Waals surface area contributed by atoms with Gasteiger partial charge in [-0.15, -0.1) is 0 Å². The van der Waals surface area contributed by atoms with Crippen LogP contribution < -0.4 is 20.7 Å². The number of carbonyl (C=O) groups excluding carboxylic acids is 1. The van der Waals surface area contributed by atoms with Crippen molar-refractivity contribution in [2.75, 3.05) is 37.9 Å². The third kappa shape index (κ3) is 3.72. The molecule has 8 nitrogen and oxygen atoms in total. The van der Waals surface area contributed by atoms with E-state index < -0.39 is 0 Å². The van der Waals surface area contributed by atoms with Gasteiger partial charge in [-0.3, -0.25) is 4.79 Å². The second-order valence-electron chi connectivity index (χ2n) is 3.58. The maximum Gasteiger partial charge on any atom is 0.322 e. The summed E-state index contributed by atoms with van der Waals surface area (Å²) in [5.74, 6) is 0.279. The number of rotatable bonds is 6. The minimum absolute atomic E-state index is 0.0647. The molecule has 0 aliphatic carbocycles. The van der Waals surface area contributed by atoms with Crippen molar-refractivity contribution in [3.8, 4) is 6.01 Å². The number of likely N-dealkylation sites (N-methyl/N-ethyl adjacent to an activating group) is 1. The van der Waals surface area contributed by atoms with Crippen LogP contribution in [0.5, 0.6) is 6.01 Å². The van der Waals surface area contributed by atoms with Crippen molar-refractivity contribution < 1.29 is 9.53 Å². The Morgan fingerprint density at radius 3 is 2.72 bits per heavy atom. The summed E-state index contributed by atoms with van der Waals surface area (Å²) in [6.45, 7) is 2.80. The number of hydrogen-bond donors (Lipinski definition) is 2. The predicted molar refractivity (Wildman–Crippen MR) is 67.4 cm³/mol. The lowest BCUT2D eigenvalue weighted by atomic mass is 10.4. The Labute approximate surface area is 106 Å². The van der Waals surface area contributed by atoms with Crippen LogP contribution in [0.2, 0.25) is 0 Å². The first-order valence-electron chi connectivity index (χ1n) is 5.61. The Balaban J connectivity index is 2.96. The smallest absolute Gasteiger partial charge is 0.322 e. The molecular weight excluding hydrogens is 236 g/mol. The first kappa shape index (κ1) is 13.9. The number of anilines is 2. The van der Waals surface area contributed by atoms with E-state index in [-0.39, 0.29) is 24.4 Å². The molecule has 100 valence electrons. The molecule has 3 N–H and O–H groups in total. The first-order chi connectivity index (χ1) is 8.60. The van der Waals surface area contributed by atoms with Gasteiger partial charge in [0.15, 0.2) is 0 Å². The normalized spacial score (nSPS) is 9.94. The number of methoxy groups -OCH3 is 1.